The number of rotatable bonds is 4. The molecule has 114 valence electrons. The van der Waals surface area contributed by atoms with Crippen LogP contribution in [0.4, 0.5) is 5.69 Å². The fourth-order valence-corrected chi connectivity index (χ4v) is 2.70. The normalized spacial score (nSPS) is 24.0. The molecule has 0 heterocycles. The van der Waals surface area contributed by atoms with Gasteiger partial charge in [-0.25, -0.2) is 0 Å². The minimum absolute atomic E-state index is 0.322. The monoisotopic (exact) mass is 393 g/mol. The number of ether oxygens (including phenoxy) is 1. The zero-order valence-corrected chi connectivity index (χ0v) is 14.6. The largest absolute Gasteiger partial charge is 0.452 e. The van der Waals surface area contributed by atoms with Gasteiger partial charge in [-0.05, 0) is 38.1 Å². The van der Waals surface area contributed by atoms with Crippen LogP contribution in [0.5, 0.6) is 0 Å². The van der Waals surface area contributed by atoms with Crippen LogP contribution in [0.15, 0.2) is 28.7 Å². The summed E-state index contributed by atoms with van der Waals surface area (Å²) in [4.78, 5) is 24.0. The Balaban J connectivity index is 1.91. The van der Waals surface area contributed by atoms with Crippen LogP contribution in [-0.2, 0) is 14.3 Å². The van der Waals surface area contributed by atoms with Crippen molar-refractivity contribution < 1.29 is 14.3 Å². The van der Waals surface area contributed by atoms with E-state index in [1.165, 1.54) is 6.92 Å². The third kappa shape index (κ3) is 3.52. The number of benzene rings is 1. The van der Waals surface area contributed by atoms with Gasteiger partial charge in [0.25, 0.3) is 5.91 Å². The molecule has 1 fully saturated rings. The summed E-state index contributed by atoms with van der Waals surface area (Å²) >= 11 is 15.1. The molecule has 1 saturated carbocycles. The summed E-state index contributed by atoms with van der Waals surface area (Å²) in [6.45, 7) is 3.12. The van der Waals surface area contributed by atoms with Gasteiger partial charge in [0.15, 0.2) is 6.10 Å². The highest BCUT2D eigenvalue weighted by Crippen LogP contribution is 2.64. The number of alkyl halides is 2. The summed E-state index contributed by atoms with van der Waals surface area (Å²) in [7, 11) is 0. The second kappa shape index (κ2) is 5.78. The molecule has 0 aromatic heterocycles. The minimum Gasteiger partial charge on any atom is -0.452 e. The Morgan fingerprint density at radius 1 is 1.33 bits per heavy atom. The number of halogens is 3. The van der Waals surface area contributed by atoms with Crippen LogP contribution in [0.1, 0.15) is 20.3 Å². The fourth-order valence-electron chi connectivity index (χ4n) is 1.74. The van der Waals surface area contributed by atoms with Crippen LogP contribution >= 0.6 is 39.1 Å². The summed E-state index contributed by atoms with van der Waals surface area (Å²) in [5.41, 5.74) is -0.324. The topological polar surface area (TPSA) is 55.4 Å². The molecule has 0 unspecified atom stereocenters. The highest BCUT2D eigenvalue weighted by Gasteiger charge is 2.69. The first kappa shape index (κ1) is 16.6. The van der Waals surface area contributed by atoms with Gasteiger partial charge in [0, 0.05) is 16.6 Å². The van der Waals surface area contributed by atoms with Crippen LogP contribution in [0.2, 0.25) is 0 Å². The van der Waals surface area contributed by atoms with Crippen LogP contribution in [-0.4, -0.2) is 22.3 Å². The summed E-state index contributed by atoms with van der Waals surface area (Å²) in [6.07, 6.45) is -0.606. The Bertz CT molecular complexity index is 576. The lowest BCUT2D eigenvalue weighted by atomic mass is 10.1. The van der Waals surface area contributed by atoms with E-state index >= 15 is 0 Å². The summed E-state index contributed by atoms with van der Waals surface area (Å²) in [5, 5.41) is 2.66. The molecule has 1 amide bonds. The number of carbonyl (C=O) groups excluding carboxylic acids is 2. The maximum atomic E-state index is 12.0. The molecule has 1 aliphatic carbocycles. The van der Waals surface area contributed by atoms with E-state index in [1.807, 2.05) is 0 Å². The van der Waals surface area contributed by atoms with E-state index < -0.39 is 27.7 Å². The lowest BCUT2D eigenvalue weighted by Crippen LogP contribution is -2.33. The quantitative estimate of drug-likeness (QED) is 0.622. The number of nitrogens with one attached hydrogen (secondary N) is 1. The van der Waals surface area contributed by atoms with Gasteiger partial charge in [-0.15, -0.1) is 23.2 Å². The van der Waals surface area contributed by atoms with Crippen molar-refractivity contribution in [2.45, 2.75) is 30.7 Å². The van der Waals surface area contributed by atoms with Gasteiger partial charge in [-0.2, -0.15) is 0 Å². The van der Waals surface area contributed by atoms with E-state index in [4.69, 9.17) is 27.9 Å². The molecule has 2 atom stereocenters. The molecule has 21 heavy (non-hydrogen) atoms. The number of hydrogen-bond acceptors (Lipinski definition) is 3. The van der Waals surface area contributed by atoms with Gasteiger partial charge in [0.1, 0.15) is 9.75 Å². The number of amides is 1. The average molecular weight is 395 g/mol. The molecule has 0 spiro atoms. The molecule has 1 aliphatic rings. The molecule has 1 aromatic rings. The molecular formula is C14H14BrCl2NO3. The molecule has 7 heteroatoms. The van der Waals surface area contributed by atoms with Crippen LogP contribution in [0.3, 0.4) is 0 Å². The molecule has 1 aromatic carbocycles. The predicted octanol–water partition coefficient (Wildman–Crippen LogP) is 3.90. The van der Waals surface area contributed by atoms with Crippen LogP contribution in [0.25, 0.3) is 0 Å². The van der Waals surface area contributed by atoms with E-state index in [0.29, 0.717) is 12.1 Å². The Morgan fingerprint density at radius 3 is 2.33 bits per heavy atom. The number of hydrogen-bond donors (Lipinski definition) is 1. The van der Waals surface area contributed by atoms with Crippen molar-refractivity contribution >= 4 is 56.7 Å². The first-order valence-corrected chi connectivity index (χ1v) is 7.86. The van der Waals surface area contributed by atoms with Gasteiger partial charge in [-0.1, -0.05) is 15.9 Å². The summed E-state index contributed by atoms with van der Waals surface area (Å²) < 4.78 is 4.94. The van der Waals surface area contributed by atoms with E-state index in [0.717, 1.165) is 4.47 Å². The molecule has 4 nitrogen and oxygen atoms in total. The van der Waals surface area contributed by atoms with Gasteiger partial charge in [-0.3, -0.25) is 9.59 Å². The van der Waals surface area contributed by atoms with Gasteiger partial charge in [0.05, 0.1) is 0 Å². The predicted molar refractivity (Wildman–Crippen MR) is 85.5 cm³/mol. The molecule has 0 saturated heterocycles. The summed E-state index contributed by atoms with van der Waals surface area (Å²) in [5.74, 6) is -0.976. The van der Waals surface area contributed by atoms with Crippen molar-refractivity contribution in [1.29, 1.82) is 0 Å². The molecule has 0 radical (unpaired) electrons. The zero-order valence-electron chi connectivity index (χ0n) is 11.5. The summed E-state index contributed by atoms with van der Waals surface area (Å²) in [6, 6.07) is 7.07. The number of esters is 1. The minimum atomic E-state index is -1.11. The Hall–Kier alpha value is -0.780. The zero-order chi connectivity index (χ0) is 15.8. The van der Waals surface area contributed by atoms with Crippen molar-refractivity contribution in [2.24, 2.45) is 5.41 Å². The van der Waals surface area contributed by atoms with Crippen molar-refractivity contribution in [2.75, 3.05) is 5.32 Å². The van der Waals surface area contributed by atoms with E-state index in [9.17, 15) is 9.59 Å². The molecule has 1 N–H and O–H groups in total. The van der Waals surface area contributed by atoms with E-state index in [1.54, 1.807) is 31.2 Å². The van der Waals surface area contributed by atoms with Crippen LogP contribution in [0, 0.1) is 5.41 Å². The first-order valence-electron chi connectivity index (χ1n) is 6.31. The highest BCUT2D eigenvalue weighted by atomic mass is 79.9. The standard InChI is InChI=1S/C14H14BrCl2NO3/c1-8(21-12(20)13(2)7-14(13,16)17)11(19)18-10-5-3-9(15)4-6-10/h3-6,8H,7H2,1-2H3,(H,18,19)/t8-,13+/m1/s1. The fraction of sp³-hybridized carbons (Fsp3) is 0.429. The Morgan fingerprint density at radius 2 is 1.86 bits per heavy atom. The number of carbonyl (C=O) groups is 2. The molecule has 0 aliphatic heterocycles. The SMILES string of the molecule is C[C@@H](OC(=O)[C@]1(C)CC1(Cl)Cl)C(=O)Nc1ccc(Br)cc1. The van der Waals surface area contributed by atoms with Gasteiger partial charge >= 0.3 is 5.97 Å². The van der Waals surface area contributed by atoms with Crippen molar-refractivity contribution in [3.05, 3.63) is 28.7 Å². The lowest BCUT2D eigenvalue weighted by Gasteiger charge is -2.17. The molecule has 2 rings (SSSR count). The van der Waals surface area contributed by atoms with Crippen LogP contribution < -0.4 is 5.32 Å². The smallest absolute Gasteiger partial charge is 0.315 e. The lowest BCUT2D eigenvalue weighted by molar-refractivity contribution is -0.158. The Kier molecular flexibility index (Phi) is 4.57. The van der Waals surface area contributed by atoms with Crippen molar-refractivity contribution in [3.63, 3.8) is 0 Å². The van der Waals surface area contributed by atoms with Gasteiger partial charge in [0.2, 0.25) is 0 Å². The van der Waals surface area contributed by atoms with Gasteiger partial charge < -0.3 is 10.1 Å². The van der Waals surface area contributed by atoms with E-state index in [-0.39, 0.29) is 0 Å². The average Bonchev–Trinajstić information content (AvgIpc) is 2.92. The van der Waals surface area contributed by atoms with Crippen molar-refractivity contribution in [1.82, 2.24) is 0 Å². The van der Waals surface area contributed by atoms with Crippen molar-refractivity contribution in [3.8, 4) is 0 Å². The first-order chi connectivity index (χ1) is 9.65. The second-order valence-electron chi connectivity index (χ2n) is 5.26. The molecular weight excluding hydrogens is 381 g/mol. The third-order valence-electron chi connectivity index (χ3n) is 3.47. The second-order valence-corrected chi connectivity index (χ2v) is 7.66. The maximum Gasteiger partial charge on any atom is 0.315 e. The molecule has 0 bridgehead atoms. The number of anilines is 1. The third-order valence-corrected chi connectivity index (χ3v) is 5.10. The Labute approximate surface area is 141 Å². The highest BCUT2D eigenvalue weighted by molar-refractivity contribution is 9.10. The maximum absolute atomic E-state index is 12.0. The van der Waals surface area contributed by atoms with E-state index in [2.05, 4.69) is 21.2 Å².